The maximum absolute atomic E-state index is 14.0. The van der Waals surface area contributed by atoms with Crippen LogP contribution >= 0.6 is 11.6 Å². The molecule has 0 atom stereocenters. The van der Waals surface area contributed by atoms with E-state index in [4.69, 9.17) is 16.3 Å². The molecule has 194 valence electrons. The average molecular weight is 537 g/mol. The van der Waals surface area contributed by atoms with Crippen LogP contribution in [0, 0.1) is 19.7 Å². The van der Waals surface area contributed by atoms with Gasteiger partial charge in [-0.15, -0.1) is 0 Å². The van der Waals surface area contributed by atoms with Crippen LogP contribution < -0.4 is 10.1 Å². The van der Waals surface area contributed by atoms with Gasteiger partial charge in [0.2, 0.25) is 0 Å². The minimum atomic E-state index is -4.67. The summed E-state index contributed by atoms with van der Waals surface area (Å²) in [6, 6.07) is 8.94. The first-order valence-corrected chi connectivity index (χ1v) is 11.4. The third kappa shape index (κ3) is 5.93. The molecule has 0 unspecified atom stereocenters. The Morgan fingerprint density at radius 3 is 2.59 bits per heavy atom. The number of hydrogen-bond acceptors (Lipinski definition) is 5. The summed E-state index contributed by atoms with van der Waals surface area (Å²) in [6.07, 6.45) is -3.42. The molecule has 0 saturated heterocycles. The van der Waals surface area contributed by atoms with Gasteiger partial charge in [0.05, 0.1) is 16.2 Å². The van der Waals surface area contributed by atoms with E-state index in [1.165, 1.54) is 24.5 Å². The zero-order valence-corrected chi connectivity index (χ0v) is 20.4. The van der Waals surface area contributed by atoms with Gasteiger partial charge >= 0.3 is 12.1 Å². The molecule has 7 nitrogen and oxygen atoms in total. The summed E-state index contributed by atoms with van der Waals surface area (Å²) in [6.45, 7) is 3.04. The van der Waals surface area contributed by atoms with E-state index in [9.17, 15) is 27.5 Å². The number of alkyl halides is 3. The minimum absolute atomic E-state index is 0.246. The maximum atomic E-state index is 14.0. The molecule has 2 N–H and O–H groups in total. The summed E-state index contributed by atoms with van der Waals surface area (Å²) >= 11 is 6.06. The molecule has 4 rings (SSSR count). The number of carboxylic acids is 1. The van der Waals surface area contributed by atoms with E-state index in [0.29, 0.717) is 18.9 Å². The SMILES string of the molecule is Cc1cc(F)cc2c1cc(C)n2CCNc1cc(-c2cc(Cl)c(C(=O)O)c(OCC(F)(F)F)c2)ncn1. The second kappa shape index (κ2) is 10.3. The molecule has 0 saturated carbocycles. The average Bonchev–Trinajstić information content (AvgIpc) is 3.12. The number of aromatic nitrogens is 3. The Hall–Kier alpha value is -3.86. The number of benzene rings is 2. The van der Waals surface area contributed by atoms with E-state index in [1.54, 1.807) is 6.07 Å². The summed E-state index contributed by atoms with van der Waals surface area (Å²) in [5.41, 5.74) is 2.54. The van der Waals surface area contributed by atoms with Crippen LogP contribution in [-0.4, -0.2) is 44.9 Å². The van der Waals surface area contributed by atoms with Gasteiger partial charge in [-0.3, -0.25) is 0 Å². The number of carbonyl (C=O) groups is 1. The molecular formula is C25H21ClF4N4O3. The van der Waals surface area contributed by atoms with E-state index in [-0.39, 0.29) is 22.1 Å². The fourth-order valence-electron chi connectivity index (χ4n) is 4.04. The zero-order valence-electron chi connectivity index (χ0n) is 19.7. The molecule has 0 radical (unpaired) electrons. The van der Waals surface area contributed by atoms with Crippen molar-refractivity contribution in [3.63, 3.8) is 0 Å². The van der Waals surface area contributed by atoms with Gasteiger partial charge in [0.1, 0.15) is 29.3 Å². The van der Waals surface area contributed by atoms with E-state index >= 15 is 0 Å². The molecule has 0 aliphatic rings. The Morgan fingerprint density at radius 1 is 1.14 bits per heavy atom. The summed E-state index contributed by atoms with van der Waals surface area (Å²) in [4.78, 5) is 19.8. The Morgan fingerprint density at radius 2 is 1.89 bits per heavy atom. The Kier molecular flexibility index (Phi) is 7.26. The first-order valence-electron chi connectivity index (χ1n) is 11.0. The number of aryl methyl sites for hydroxylation is 2. The lowest BCUT2D eigenvalue weighted by Crippen LogP contribution is -2.20. The quantitative estimate of drug-likeness (QED) is 0.258. The number of nitrogens with one attached hydrogen (secondary N) is 1. The fraction of sp³-hybridized carbons (Fsp3) is 0.240. The molecular weight excluding hydrogens is 516 g/mol. The van der Waals surface area contributed by atoms with E-state index in [2.05, 4.69) is 15.3 Å². The predicted molar refractivity (Wildman–Crippen MR) is 131 cm³/mol. The molecule has 0 aliphatic heterocycles. The van der Waals surface area contributed by atoms with E-state index < -0.39 is 30.1 Å². The molecule has 4 aromatic rings. The zero-order chi connectivity index (χ0) is 26.9. The fourth-order valence-corrected chi connectivity index (χ4v) is 4.33. The number of halogens is 5. The lowest BCUT2D eigenvalue weighted by molar-refractivity contribution is -0.153. The van der Waals surface area contributed by atoms with Crippen molar-refractivity contribution in [1.82, 2.24) is 14.5 Å². The van der Waals surface area contributed by atoms with Crippen molar-refractivity contribution in [3.8, 4) is 17.0 Å². The lowest BCUT2D eigenvalue weighted by Gasteiger charge is -2.14. The number of ether oxygens (including phenoxy) is 1. The van der Waals surface area contributed by atoms with Crippen molar-refractivity contribution in [2.75, 3.05) is 18.5 Å². The summed E-state index contributed by atoms with van der Waals surface area (Å²) in [5.74, 6) is -1.96. The Balaban J connectivity index is 1.55. The normalized spacial score (nSPS) is 11.6. The number of carboxylic acid groups (broad SMARTS) is 1. The number of nitrogens with zero attached hydrogens (tertiary/aromatic N) is 3. The van der Waals surface area contributed by atoms with Crippen LogP contribution in [0.2, 0.25) is 5.02 Å². The number of hydrogen-bond donors (Lipinski definition) is 2. The summed E-state index contributed by atoms with van der Waals surface area (Å²) < 4.78 is 58.7. The minimum Gasteiger partial charge on any atom is -0.483 e. The van der Waals surface area contributed by atoms with Crippen LogP contribution in [0.4, 0.5) is 23.4 Å². The molecule has 37 heavy (non-hydrogen) atoms. The molecule has 0 bridgehead atoms. The van der Waals surface area contributed by atoms with Crippen molar-refractivity contribution in [2.45, 2.75) is 26.6 Å². The summed E-state index contributed by atoms with van der Waals surface area (Å²) in [5, 5.41) is 13.2. The van der Waals surface area contributed by atoms with Gasteiger partial charge in [-0.05, 0) is 49.7 Å². The molecule has 0 fully saturated rings. The number of anilines is 1. The molecule has 2 heterocycles. The highest BCUT2D eigenvalue weighted by Gasteiger charge is 2.30. The second-order valence-corrected chi connectivity index (χ2v) is 8.76. The van der Waals surface area contributed by atoms with E-state index in [0.717, 1.165) is 28.2 Å². The largest absolute Gasteiger partial charge is 0.483 e. The van der Waals surface area contributed by atoms with Crippen molar-refractivity contribution >= 4 is 34.3 Å². The lowest BCUT2D eigenvalue weighted by atomic mass is 10.1. The highest BCUT2D eigenvalue weighted by atomic mass is 35.5. The number of fused-ring (bicyclic) bond motifs is 1. The summed E-state index contributed by atoms with van der Waals surface area (Å²) in [7, 11) is 0. The maximum Gasteiger partial charge on any atom is 0.422 e. The molecule has 0 amide bonds. The van der Waals surface area contributed by atoms with Crippen LogP contribution in [0.1, 0.15) is 21.6 Å². The van der Waals surface area contributed by atoms with Crippen LogP contribution in [-0.2, 0) is 6.54 Å². The first kappa shape index (κ1) is 26.2. The van der Waals surface area contributed by atoms with Crippen molar-refractivity contribution in [1.29, 1.82) is 0 Å². The first-order chi connectivity index (χ1) is 17.4. The topological polar surface area (TPSA) is 89.3 Å². The predicted octanol–water partition coefficient (Wildman–Crippen LogP) is 6.26. The molecule has 0 spiro atoms. The third-order valence-corrected chi connectivity index (χ3v) is 5.96. The molecule has 2 aromatic heterocycles. The van der Waals surface area contributed by atoms with Crippen molar-refractivity contribution < 1.29 is 32.2 Å². The Bertz CT molecular complexity index is 1490. The standard InChI is InChI=1S/C25H21ClF4N4O3/c1-13-5-16(27)9-20-17(13)6-14(2)34(20)4-3-31-22-10-19(32-12-33-22)15-7-18(26)23(24(35)36)21(8-15)37-11-25(28,29)30/h5-10,12H,3-4,11H2,1-2H3,(H,35,36)(H,31,32,33). The monoisotopic (exact) mass is 536 g/mol. The van der Waals surface area contributed by atoms with Crippen LogP contribution in [0.25, 0.3) is 22.2 Å². The van der Waals surface area contributed by atoms with Crippen molar-refractivity contribution in [3.05, 3.63) is 70.4 Å². The van der Waals surface area contributed by atoms with Crippen LogP contribution in [0.5, 0.6) is 5.75 Å². The third-order valence-electron chi connectivity index (χ3n) is 5.66. The molecule has 0 aliphatic carbocycles. The Labute approximate surface area is 213 Å². The van der Waals surface area contributed by atoms with Crippen LogP contribution in [0.3, 0.4) is 0 Å². The highest BCUT2D eigenvalue weighted by molar-refractivity contribution is 6.34. The van der Waals surface area contributed by atoms with Gasteiger partial charge in [-0.25, -0.2) is 19.2 Å². The van der Waals surface area contributed by atoms with E-state index in [1.807, 2.05) is 24.5 Å². The second-order valence-electron chi connectivity index (χ2n) is 8.35. The van der Waals surface area contributed by atoms with Gasteiger partial charge in [0.15, 0.2) is 6.61 Å². The van der Waals surface area contributed by atoms with Gasteiger partial charge in [-0.1, -0.05) is 11.6 Å². The number of rotatable bonds is 8. The van der Waals surface area contributed by atoms with Crippen molar-refractivity contribution in [2.24, 2.45) is 0 Å². The molecule has 12 heteroatoms. The number of aromatic carboxylic acids is 1. The smallest absolute Gasteiger partial charge is 0.422 e. The van der Waals surface area contributed by atoms with Gasteiger partial charge < -0.3 is 19.7 Å². The van der Waals surface area contributed by atoms with Gasteiger partial charge in [-0.2, -0.15) is 13.2 Å². The van der Waals surface area contributed by atoms with Gasteiger partial charge in [0.25, 0.3) is 0 Å². The van der Waals surface area contributed by atoms with Crippen LogP contribution in [0.15, 0.2) is 42.7 Å². The van der Waals surface area contributed by atoms with Gasteiger partial charge in [0, 0.05) is 35.8 Å². The highest BCUT2D eigenvalue weighted by Crippen LogP contribution is 2.34. The molecule has 2 aromatic carbocycles.